The molecular weight excluding hydrogens is 274 g/mol. The summed E-state index contributed by atoms with van der Waals surface area (Å²) in [5, 5.41) is 12.4. The Kier molecular flexibility index (Phi) is 4.86. The molecule has 0 saturated heterocycles. The Morgan fingerprint density at radius 1 is 1.35 bits per heavy atom. The van der Waals surface area contributed by atoms with Crippen LogP contribution in [0.1, 0.15) is 5.69 Å². The van der Waals surface area contributed by atoms with Gasteiger partial charge in [0.15, 0.2) is 0 Å². The fourth-order valence-corrected chi connectivity index (χ4v) is 3.25. The summed E-state index contributed by atoms with van der Waals surface area (Å²) in [6.07, 6.45) is 0. The molecule has 0 aliphatic rings. The highest BCUT2D eigenvalue weighted by Gasteiger charge is 2.07. The minimum absolute atomic E-state index is 0.214. The number of aliphatic hydroxyl groups excluding tert-OH is 1. The third kappa shape index (κ3) is 3.45. The molecule has 2 aromatic rings. The van der Waals surface area contributed by atoms with Crippen molar-refractivity contribution in [3.05, 3.63) is 40.4 Å². The van der Waals surface area contributed by atoms with E-state index in [9.17, 15) is 0 Å². The highest BCUT2D eigenvalue weighted by atomic mass is 35.5. The van der Waals surface area contributed by atoms with Gasteiger partial charge in [0, 0.05) is 22.4 Å². The second kappa shape index (κ2) is 6.40. The van der Waals surface area contributed by atoms with Gasteiger partial charge in [0.25, 0.3) is 0 Å². The van der Waals surface area contributed by atoms with Gasteiger partial charge in [-0.05, 0) is 6.07 Å². The van der Waals surface area contributed by atoms with Crippen molar-refractivity contribution < 1.29 is 5.11 Å². The summed E-state index contributed by atoms with van der Waals surface area (Å²) in [7, 11) is 0. The van der Waals surface area contributed by atoms with E-state index in [1.165, 1.54) is 0 Å². The van der Waals surface area contributed by atoms with E-state index in [1.54, 1.807) is 23.1 Å². The predicted octanol–water partition coefficient (Wildman–Crippen LogP) is 3.69. The first-order chi connectivity index (χ1) is 8.31. The van der Waals surface area contributed by atoms with Gasteiger partial charge < -0.3 is 5.11 Å². The lowest BCUT2D eigenvalue weighted by atomic mass is 10.2. The smallest absolute Gasteiger partial charge is 0.125 e. The Hall–Kier alpha value is -0.550. The molecule has 0 atom stereocenters. The zero-order valence-electron chi connectivity index (χ0n) is 9.10. The molecule has 17 heavy (non-hydrogen) atoms. The monoisotopic (exact) mass is 285 g/mol. The van der Waals surface area contributed by atoms with Gasteiger partial charge in [0.1, 0.15) is 5.01 Å². The van der Waals surface area contributed by atoms with E-state index >= 15 is 0 Å². The summed E-state index contributed by atoms with van der Waals surface area (Å²) in [5.41, 5.74) is 2.03. The number of aromatic nitrogens is 1. The van der Waals surface area contributed by atoms with Crippen molar-refractivity contribution >= 4 is 34.7 Å². The third-order valence-corrected chi connectivity index (χ3v) is 4.37. The number of aliphatic hydroxyl groups is 1. The van der Waals surface area contributed by atoms with Gasteiger partial charge >= 0.3 is 0 Å². The molecule has 1 N–H and O–H groups in total. The highest BCUT2D eigenvalue weighted by Crippen LogP contribution is 2.30. The van der Waals surface area contributed by atoms with E-state index in [2.05, 4.69) is 4.98 Å². The maximum Gasteiger partial charge on any atom is 0.125 e. The fraction of sp³-hybridized carbons (Fsp3) is 0.250. The average Bonchev–Trinajstić information content (AvgIpc) is 2.79. The standard InChI is InChI=1S/C12H12ClNOS2/c13-11-4-2-1-3-10(11)12-14-9(8-17-12)7-16-6-5-15/h1-4,8,15H,5-7H2. The van der Waals surface area contributed by atoms with Crippen molar-refractivity contribution in [3.63, 3.8) is 0 Å². The lowest BCUT2D eigenvalue weighted by Crippen LogP contribution is -1.88. The number of benzene rings is 1. The van der Waals surface area contributed by atoms with Crippen LogP contribution in [0.15, 0.2) is 29.6 Å². The van der Waals surface area contributed by atoms with Gasteiger partial charge in [-0.1, -0.05) is 29.8 Å². The van der Waals surface area contributed by atoms with Crippen LogP contribution in [0, 0.1) is 0 Å². The number of rotatable bonds is 5. The van der Waals surface area contributed by atoms with Crippen molar-refractivity contribution in [2.75, 3.05) is 12.4 Å². The summed E-state index contributed by atoms with van der Waals surface area (Å²) >= 11 is 9.41. The maximum atomic E-state index is 8.71. The molecule has 0 fully saturated rings. The molecule has 0 saturated carbocycles. The van der Waals surface area contributed by atoms with Crippen molar-refractivity contribution in [3.8, 4) is 10.6 Å². The SMILES string of the molecule is OCCSCc1csc(-c2ccccc2Cl)n1. The van der Waals surface area contributed by atoms with Gasteiger partial charge in [-0.2, -0.15) is 11.8 Å². The zero-order valence-corrected chi connectivity index (χ0v) is 11.5. The Morgan fingerprint density at radius 2 is 2.18 bits per heavy atom. The van der Waals surface area contributed by atoms with Crippen LogP contribution in [0.4, 0.5) is 0 Å². The highest BCUT2D eigenvalue weighted by molar-refractivity contribution is 7.98. The van der Waals surface area contributed by atoms with Crippen molar-refractivity contribution in [1.82, 2.24) is 4.98 Å². The topological polar surface area (TPSA) is 33.1 Å². The third-order valence-electron chi connectivity index (χ3n) is 2.14. The molecule has 1 aromatic carbocycles. The summed E-state index contributed by atoms with van der Waals surface area (Å²) in [5.74, 6) is 1.58. The van der Waals surface area contributed by atoms with E-state index in [0.717, 1.165) is 32.8 Å². The van der Waals surface area contributed by atoms with Gasteiger partial charge in [-0.3, -0.25) is 0 Å². The quantitative estimate of drug-likeness (QED) is 0.851. The first kappa shape index (κ1) is 12.9. The second-order valence-corrected chi connectivity index (χ2v) is 5.77. The van der Waals surface area contributed by atoms with E-state index in [-0.39, 0.29) is 6.61 Å². The van der Waals surface area contributed by atoms with Crippen molar-refractivity contribution in [2.45, 2.75) is 5.75 Å². The van der Waals surface area contributed by atoms with Crippen LogP contribution in [-0.4, -0.2) is 22.5 Å². The van der Waals surface area contributed by atoms with Gasteiger partial charge in [0.05, 0.1) is 17.3 Å². The number of hydrogen-bond donors (Lipinski definition) is 1. The summed E-state index contributed by atoms with van der Waals surface area (Å²) in [4.78, 5) is 4.54. The van der Waals surface area contributed by atoms with Crippen LogP contribution in [-0.2, 0) is 5.75 Å². The maximum absolute atomic E-state index is 8.71. The first-order valence-corrected chi connectivity index (χ1v) is 7.60. The van der Waals surface area contributed by atoms with Gasteiger partial charge in [0.2, 0.25) is 0 Å². The average molecular weight is 286 g/mol. The fourth-order valence-electron chi connectivity index (χ4n) is 1.37. The number of halogens is 1. The summed E-state index contributed by atoms with van der Waals surface area (Å²) in [6.45, 7) is 0.214. The molecule has 0 aliphatic heterocycles. The van der Waals surface area contributed by atoms with Crippen LogP contribution >= 0.6 is 34.7 Å². The Morgan fingerprint density at radius 3 is 2.94 bits per heavy atom. The molecule has 0 aliphatic carbocycles. The molecule has 0 unspecified atom stereocenters. The molecule has 0 spiro atoms. The minimum Gasteiger partial charge on any atom is -0.396 e. The Labute approximate surface area is 114 Å². The lowest BCUT2D eigenvalue weighted by molar-refractivity contribution is 0.322. The number of thiazole rings is 1. The van der Waals surface area contributed by atoms with E-state index < -0.39 is 0 Å². The lowest BCUT2D eigenvalue weighted by Gasteiger charge is -1.98. The molecule has 1 heterocycles. The molecule has 0 amide bonds. The zero-order chi connectivity index (χ0) is 12.1. The molecule has 2 nitrogen and oxygen atoms in total. The van der Waals surface area contributed by atoms with E-state index in [1.807, 2.05) is 29.6 Å². The van der Waals surface area contributed by atoms with E-state index in [4.69, 9.17) is 16.7 Å². The van der Waals surface area contributed by atoms with Crippen LogP contribution in [0.2, 0.25) is 5.02 Å². The van der Waals surface area contributed by atoms with Gasteiger partial charge in [-0.25, -0.2) is 4.98 Å². The molecule has 1 aromatic heterocycles. The van der Waals surface area contributed by atoms with Crippen molar-refractivity contribution in [1.29, 1.82) is 0 Å². The summed E-state index contributed by atoms with van der Waals surface area (Å²) < 4.78 is 0. The van der Waals surface area contributed by atoms with Crippen LogP contribution < -0.4 is 0 Å². The second-order valence-electron chi connectivity index (χ2n) is 3.40. The Bertz CT molecular complexity index is 487. The molecule has 5 heteroatoms. The van der Waals surface area contributed by atoms with Crippen LogP contribution in [0.3, 0.4) is 0 Å². The molecule has 90 valence electrons. The normalized spacial score (nSPS) is 10.7. The molecule has 0 radical (unpaired) electrons. The summed E-state index contributed by atoms with van der Waals surface area (Å²) in [6, 6.07) is 7.73. The van der Waals surface area contributed by atoms with Crippen LogP contribution in [0.25, 0.3) is 10.6 Å². The largest absolute Gasteiger partial charge is 0.396 e. The predicted molar refractivity (Wildman–Crippen MR) is 75.8 cm³/mol. The van der Waals surface area contributed by atoms with Gasteiger partial charge in [-0.15, -0.1) is 11.3 Å². The number of hydrogen-bond acceptors (Lipinski definition) is 4. The molecule has 0 bridgehead atoms. The Balaban J connectivity index is 2.10. The van der Waals surface area contributed by atoms with Crippen molar-refractivity contribution in [2.24, 2.45) is 0 Å². The molecular formula is C12H12ClNOS2. The minimum atomic E-state index is 0.214. The first-order valence-electron chi connectivity index (χ1n) is 5.19. The number of thioether (sulfide) groups is 1. The van der Waals surface area contributed by atoms with Crippen LogP contribution in [0.5, 0.6) is 0 Å². The van der Waals surface area contributed by atoms with E-state index in [0.29, 0.717) is 0 Å². The number of nitrogens with zero attached hydrogens (tertiary/aromatic N) is 1. The molecule has 2 rings (SSSR count).